The summed E-state index contributed by atoms with van der Waals surface area (Å²) in [4.78, 5) is 25.3. The highest BCUT2D eigenvalue weighted by molar-refractivity contribution is 5.96. The molecule has 1 saturated heterocycles. The number of likely N-dealkylation sites (tertiary alicyclic amines) is 1. The van der Waals surface area contributed by atoms with Crippen LogP contribution in [-0.2, 0) is 11.2 Å². The zero-order valence-corrected chi connectivity index (χ0v) is 22.1. The lowest BCUT2D eigenvalue weighted by Gasteiger charge is -2.17. The molecule has 1 aliphatic heterocycles. The van der Waals surface area contributed by atoms with E-state index >= 15 is 0 Å². The number of nitrogens with zero attached hydrogens (tertiary/aromatic N) is 1. The average Bonchev–Trinajstić information content (AvgIpc) is 3.45. The van der Waals surface area contributed by atoms with Crippen molar-refractivity contribution in [2.45, 2.75) is 45.1 Å². The Hall–Kier alpha value is -4.27. The van der Waals surface area contributed by atoms with Crippen molar-refractivity contribution in [2.75, 3.05) is 18.4 Å². The number of alkyl halides is 2. The van der Waals surface area contributed by atoms with Gasteiger partial charge in [-0.25, -0.2) is 0 Å². The van der Waals surface area contributed by atoms with Gasteiger partial charge in [-0.15, -0.1) is 0 Å². The molecule has 0 aromatic heterocycles. The van der Waals surface area contributed by atoms with Crippen LogP contribution in [0.2, 0.25) is 0 Å². The highest BCUT2D eigenvalue weighted by atomic mass is 19.3. The van der Waals surface area contributed by atoms with E-state index in [4.69, 9.17) is 5.41 Å². The smallest absolute Gasteiger partial charge is 0.321 e. The minimum absolute atomic E-state index is 0.0594. The molecule has 206 valence electrons. The number of phenolic OH excluding ortho intramolecular Hbond substituents is 1. The van der Waals surface area contributed by atoms with E-state index in [-0.39, 0.29) is 17.7 Å². The molecule has 0 bridgehead atoms. The van der Waals surface area contributed by atoms with Crippen LogP contribution in [0.1, 0.15) is 48.2 Å². The third-order valence-electron chi connectivity index (χ3n) is 6.13. The van der Waals surface area contributed by atoms with Gasteiger partial charge in [0.15, 0.2) is 0 Å². The number of benzene rings is 3. The van der Waals surface area contributed by atoms with Gasteiger partial charge in [0.2, 0.25) is 0 Å². The number of rotatable bonds is 8. The van der Waals surface area contributed by atoms with Gasteiger partial charge in [-0.1, -0.05) is 36.4 Å². The van der Waals surface area contributed by atoms with Crippen LogP contribution >= 0.6 is 0 Å². The zero-order valence-electron chi connectivity index (χ0n) is 22.1. The van der Waals surface area contributed by atoms with Crippen molar-refractivity contribution in [3.63, 3.8) is 0 Å². The van der Waals surface area contributed by atoms with Crippen molar-refractivity contribution in [1.29, 1.82) is 5.41 Å². The number of hydrogen-bond acceptors (Lipinski definition) is 5. The molecule has 1 unspecified atom stereocenters. The molecular weight excluding hydrogens is 502 g/mol. The molecule has 1 fully saturated rings. The molecule has 3 aromatic carbocycles. The lowest BCUT2D eigenvalue weighted by atomic mass is 10.1. The summed E-state index contributed by atoms with van der Waals surface area (Å²) in [5, 5.41) is 22.4. The van der Waals surface area contributed by atoms with Crippen molar-refractivity contribution in [1.82, 2.24) is 10.2 Å². The normalized spacial score (nSPS) is 13.6. The van der Waals surface area contributed by atoms with Crippen molar-refractivity contribution in [3.05, 3.63) is 89.5 Å². The van der Waals surface area contributed by atoms with Gasteiger partial charge in [0.1, 0.15) is 5.75 Å². The molecule has 1 heterocycles. The van der Waals surface area contributed by atoms with Crippen LogP contribution in [0, 0.1) is 5.41 Å². The van der Waals surface area contributed by atoms with Gasteiger partial charge in [0.25, 0.3) is 11.8 Å². The van der Waals surface area contributed by atoms with Crippen molar-refractivity contribution in [2.24, 2.45) is 0 Å². The van der Waals surface area contributed by atoms with E-state index in [9.17, 15) is 23.5 Å². The average molecular weight is 537 g/mol. The standard InChI is InChI=1S/C18H19N3O2.C12H15F2NO/c19-12-14-11-16(22)6-7-17(14)20-15-5-3-4-13(10-15)18(23)21-8-1-2-9-21;1-9(15-11(16)12(2,13)14)8-10-6-4-3-5-7-10/h3-7,10-12,19-20,22H,1-2,8-9H2;3-7,9H,8H2,1-2H3,(H,15,16). The fraction of sp³-hybridized carbons (Fsp3) is 0.300. The first-order valence-electron chi connectivity index (χ1n) is 12.8. The molecule has 3 aromatic rings. The van der Waals surface area contributed by atoms with Crippen molar-refractivity contribution < 1.29 is 23.5 Å². The second-order valence-electron chi connectivity index (χ2n) is 9.57. The minimum atomic E-state index is -3.31. The molecule has 2 amide bonds. The van der Waals surface area contributed by atoms with E-state index in [1.54, 1.807) is 19.1 Å². The van der Waals surface area contributed by atoms with E-state index in [0.717, 1.165) is 37.2 Å². The summed E-state index contributed by atoms with van der Waals surface area (Å²) in [6.07, 6.45) is 3.86. The first-order valence-corrected chi connectivity index (χ1v) is 12.8. The molecule has 0 spiro atoms. The van der Waals surface area contributed by atoms with Gasteiger partial charge < -0.3 is 26.0 Å². The Morgan fingerprint density at radius 1 is 1.05 bits per heavy atom. The van der Waals surface area contributed by atoms with E-state index in [2.05, 4.69) is 10.6 Å². The number of carbonyl (C=O) groups is 2. The largest absolute Gasteiger partial charge is 0.508 e. The molecule has 0 radical (unpaired) electrons. The second-order valence-corrected chi connectivity index (χ2v) is 9.57. The van der Waals surface area contributed by atoms with Crippen LogP contribution in [0.15, 0.2) is 72.8 Å². The molecule has 4 rings (SSSR count). The molecule has 0 saturated carbocycles. The fourth-order valence-corrected chi connectivity index (χ4v) is 4.14. The lowest BCUT2D eigenvalue weighted by Crippen LogP contribution is -2.43. The van der Waals surface area contributed by atoms with Gasteiger partial charge in [-0.2, -0.15) is 8.78 Å². The SMILES string of the molecule is CC(Cc1ccccc1)NC(=O)C(C)(F)F.N=Cc1cc(O)ccc1Nc1cccc(C(=O)N2CCCC2)c1. The van der Waals surface area contributed by atoms with Crippen LogP contribution in [-0.4, -0.2) is 53.1 Å². The molecule has 7 nitrogen and oxygen atoms in total. The van der Waals surface area contributed by atoms with E-state index in [1.807, 2.05) is 59.5 Å². The Morgan fingerprint density at radius 2 is 1.74 bits per heavy atom. The Balaban J connectivity index is 0.000000231. The maximum Gasteiger partial charge on any atom is 0.321 e. The van der Waals surface area contributed by atoms with E-state index < -0.39 is 11.8 Å². The number of halogens is 2. The summed E-state index contributed by atoms with van der Waals surface area (Å²) in [7, 11) is 0. The summed E-state index contributed by atoms with van der Waals surface area (Å²) >= 11 is 0. The number of hydrogen-bond donors (Lipinski definition) is 4. The summed E-state index contributed by atoms with van der Waals surface area (Å²) in [5.74, 6) is -4.36. The van der Waals surface area contributed by atoms with Crippen molar-refractivity contribution >= 4 is 29.4 Å². The van der Waals surface area contributed by atoms with Crippen LogP contribution in [0.4, 0.5) is 20.2 Å². The van der Waals surface area contributed by atoms with E-state index in [0.29, 0.717) is 30.2 Å². The van der Waals surface area contributed by atoms with Gasteiger partial charge in [0.05, 0.1) is 0 Å². The Morgan fingerprint density at radius 3 is 2.38 bits per heavy atom. The number of aromatic hydroxyl groups is 1. The molecule has 4 N–H and O–H groups in total. The topological polar surface area (TPSA) is 106 Å². The number of phenols is 1. The summed E-state index contributed by atoms with van der Waals surface area (Å²) in [6, 6.07) is 21.3. The Labute approximate surface area is 227 Å². The molecular formula is C30H34F2N4O3. The predicted molar refractivity (Wildman–Crippen MR) is 149 cm³/mol. The quantitative estimate of drug-likeness (QED) is 0.217. The molecule has 39 heavy (non-hydrogen) atoms. The first-order chi connectivity index (χ1) is 18.6. The number of carbonyl (C=O) groups excluding carboxylic acids is 2. The van der Waals surface area contributed by atoms with Crippen LogP contribution in [0.25, 0.3) is 0 Å². The fourth-order valence-electron chi connectivity index (χ4n) is 4.14. The van der Waals surface area contributed by atoms with Crippen LogP contribution < -0.4 is 10.6 Å². The van der Waals surface area contributed by atoms with Gasteiger partial charge in [-0.05, 0) is 68.1 Å². The first kappa shape index (κ1) is 29.3. The van der Waals surface area contributed by atoms with Gasteiger partial charge in [0, 0.05) is 54.8 Å². The van der Waals surface area contributed by atoms with Gasteiger partial charge in [-0.3, -0.25) is 9.59 Å². The Kier molecular flexibility index (Phi) is 10.1. The molecule has 0 aliphatic carbocycles. The molecule has 9 heteroatoms. The molecule has 1 atom stereocenters. The second kappa shape index (κ2) is 13.5. The van der Waals surface area contributed by atoms with Gasteiger partial charge >= 0.3 is 5.92 Å². The lowest BCUT2D eigenvalue weighted by molar-refractivity contribution is -0.143. The number of amides is 2. The van der Waals surface area contributed by atoms with Crippen molar-refractivity contribution in [3.8, 4) is 5.75 Å². The molecule has 1 aliphatic rings. The monoisotopic (exact) mass is 536 g/mol. The Bertz CT molecular complexity index is 1270. The van der Waals surface area contributed by atoms with E-state index in [1.165, 1.54) is 12.3 Å². The summed E-state index contributed by atoms with van der Waals surface area (Å²) in [5.41, 5.74) is 3.75. The van der Waals surface area contributed by atoms with Crippen LogP contribution in [0.5, 0.6) is 5.75 Å². The number of nitrogens with one attached hydrogen (secondary N) is 3. The minimum Gasteiger partial charge on any atom is -0.508 e. The summed E-state index contributed by atoms with van der Waals surface area (Å²) in [6.45, 7) is 3.95. The maximum absolute atomic E-state index is 12.6. The van der Waals surface area contributed by atoms with Crippen LogP contribution in [0.3, 0.4) is 0 Å². The highest BCUT2D eigenvalue weighted by Crippen LogP contribution is 2.25. The third-order valence-corrected chi connectivity index (χ3v) is 6.13. The summed E-state index contributed by atoms with van der Waals surface area (Å²) < 4.78 is 25.2. The highest BCUT2D eigenvalue weighted by Gasteiger charge is 2.32. The third kappa shape index (κ3) is 8.91. The zero-order chi connectivity index (χ0) is 28.4. The maximum atomic E-state index is 12.6. The number of anilines is 2. The predicted octanol–water partition coefficient (Wildman–Crippen LogP) is 5.76.